The predicted octanol–water partition coefficient (Wildman–Crippen LogP) is 4.62. The SMILES string of the molecule is Cc1ccc2nc(-c3ccc(NC(=O)C4CC4)cc3)sc2c1. The number of rotatable bonds is 3. The lowest BCUT2D eigenvalue weighted by atomic mass is 10.2. The van der Waals surface area contributed by atoms with Crippen LogP contribution in [0.1, 0.15) is 18.4 Å². The summed E-state index contributed by atoms with van der Waals surface area (Å²) < 4.78 is 1.21. The van der Waals surface area contributed by atoms with Gasteiger partial charge in [-0.25, -0.2) is 4.98 Å². The summed E-state index contributed by atoms with van der Waals surface area (Å²) in [5.41, 5.74) is 4.23. The third-order valence-electron chi connectivity index (χ3n) is 3.89. The number of fused-ring (bicyclic) bond motifs is 1. The van der Waals surface area contributed by atoms with E-state index in [9.17, 15) is 4.79 Å². The van der Waals surface area contributed by atoms with Crippen LogP contribution in [0.2, 0.25) is 0 Å². The minimum Gasteiger partial charge on any atom is -0.326 e. The minimum atomic E-state index is 0.142. The Bertz CT molecular complexity index is 847. The van der Waals surface area contributed by atoms with E-state index < -0.39 is 0 Å². The van der Waals surface area contributed by atoms with Crippen molar-refractivity contribution in [2.75, 3.05) is 5.32 Å². The summed E-state index contributed by atoms with van der Waals surface area (Å²) in [6, 6.07) is 14.3. The van der Waals surface area contributed by atoms with Crippen molar-refractivity contribution in [3.05, 3.63) is 48.0 Å². The van der Waals surface area contributed by atoms with E-state index in [-0.39, 0.29) is 11.8 Å². The van der Waals surface area contributed by atoms with Crippen LogP contribution < -0.4 is 5.32 Å². The molecule has 0 atom stereocenters. The first-order chi connectivity index (χ1) is 10.7. The van der Waals surface area contributed by atoms with Crippen LogP contribution in [0.15, 0.2) is 42.5 Å². The minimum absolute atomic E-state index is 0.142. The van der Waals surface area contributed by atoms with Gasteiger partial charge in [-0.05, 0) is 61.7 Å². The Morgan fingerprint density at radius 1 is 1.18 bits per heavy atom. The molecule has 1 amide bonds. The number of benzene rings is 2. The van der Waals surface area contributed by atoms with Gasteiger partial charge in [0.1, 0.15) is 5.01 Å². The molecule has 22 heavy (non-hydrogen) atoms. The summed E-state index contributed by atoms with van der Waals surface area (Å²) >= 11 is 1.70. The molecule has 4 rings (SSSR count). The predicted molar refractivity (Wildman–Crippen MR) is 91.1 cm³/mol. The van der Waals surface area contributed by atoms with E-state index in [1.54, 1.807) is 11.3 Å². The van der Waals surface area contributed by atoms with Gasteiger partial charge in [0.2, 0.25) is 5.91 Å². The van der Waals surface area contributed by atoms with E-state index in [1.807, 2.05) is 24.3 Å². The number of thiazole rings is 1. The molecular formula is C18H16N2OS. The molecule has 1 aliphatic rings. The fraction of sp³-hybridized carbons (Fsp3) is 0.222. The molecule has 0 spiro atoms. The normalized spacial score (nSPS) is 14.2. The fourth-order valence-corrected chi connectivity index (χ4v) is 3.51. The second-order valence-corrected chi connectivity index (χ2v) is 6.86. The lowest BCUT2D eigenvalue weighted by Crippen LogP contribution is -2.12. The average Bonchev–Trinajstić information content (AvgIpc) is 3.28. The Kier molecular flexibility index (Phi) is 3.19. The van der Waals surface area contributed by atoms with Gasteiger partial charge in [-0.3, -0.25) is 4.79 Å². The highest BCUT2D eigenvalue weighted by Gasteiger charge is 2.29. The molecule has 3 nitrogen and oxygen atoms in total. The molecule has 1 fully saturated rings. The molecule has 4 heteroatoms. The summed E-state index contributed by atoms with van der Waals surface area (Å²) in [4.78, 5) is 16.4. The summed E-state index contributed by atoms with van der Waals surface area (Å²) in [5.74, 6) is 0.371. The van der Waals surface area contributed by atoms with Crippen molar-refractivity contribution in [1.29, 1.82) is 0 Å². The highest BCUT2D eigenvalue weighted by Crippen LogP contribution is 2.32. The molecule has 1 aromatic heterocycles. The van der Waals surface area contributed by atoms with Crippen LogP contribution in [-0.2, 0) is 4.79 Å². The summed E-state index contributed by atoms with van der Waals surface area (Å²) in [7, 11) is 0. The first-order valence-corrected chi connectivity index (χ1v) is 8.29. The van der Waals surface area contributed by atoms with Gasteiger partial charge in [0.05, 0.1) is 10.2 Å². The zero-order chi connectivity index (χ0) is 15.1. The Balaban J connectivity index is 1.59. The summed E-state index contributed by atoms with van der Waals surface area (Å²) in [6.45, 7) is 2.09. The van der Waals surface area contributed by atoms with Gasteiger partial charge in [-0.1, -0.05) is 6.07 Å². The highest BCUT2D eigenvalue weighted by atomic mass is 32.1. The van der Waals surface area contributed by atoms with Crippen molar-refractivity contribution >= 4 is 33.1 Å². The largest absolute Gasteiger partial charge is 0.326 e. The molecule has 1 saturated carbocycles. The molecule has 1 heterocycles. The van der Waals surface area contributed by atoms with Crippen molar-refractivity contribution in [3.8, 4) is 10.6 Å². The van der Waals surface area contributed by atoms with Crippen LogP contribution in [0, 0.1) is 12.8 Å². The zero-order valence-corrected chi connectivity index (χ0v) is 13.1. The van der Waals surface area contributed by atoms with E-state index >= 15 is 0 Å². The van der Waals surface area contributed by atoms with E-state index in [0.717, 1.165) is 34.6 Å². The molecule has 110 valence electrons. The first kappa shape index (κ1) is 13.5. The molecule has 0 aliphatic heterocycles. The first-order valence-electron chi connectivity index (χ1n) is 7.47. The van der Waals surface area contributed by atoms with Crippen molar-refractivity contribution in [2.24, 2.45) is 5.92 Å². The van der Waals surface area contributed by atoms with Crippen molar-refractivity contribution in [2.45, 2.75) is 19.8 Å². The number of aryl methyl sites for hydroxylation is 1. The average molecular weight is 308 g/mol. The van der Waals surface area contributed by atoms with Crippen LogP contribution in [0.25, 0.3) is 20.8 Å². The standard InChI is InChI=1S/C18H16N2OS/c1-11-2-9-15-16(10-11)22-18(20-15)13-5-7-14(8-6-13)19-17(21)12-3-4-12/h2,5-10,12H,3-4H2,1H3,(H,19,21). The van der Waals surface area contributed by atoms with Crippen LogP contribution in [0.3, 0.4) is 0 Å². The lowest BCUT2D eigenvalue weighted by molar-refractivity contribution is -0.117. The second-order valence-electron chi connectivity index (χ2n) is 5.83. The molecule has 3 aromatic rings. The molecular weight excluding hydrogens is 292 g/mol. The van der Waals surface area contributed by atoms with Crippen LogP contribution in [0.4, 0.5) is 5.69 Å². The van der Waals surface area contributed by atoms with Gasteiger partial charge in [0, 0.05) is 17.2 Å². The van der Waals surface area contributed by atoms with Crippen molar-refractivity contribution < 1.29 is 4.79 Å². The number of anilines is 1. The monoisotopic (exact) mass is 308 g/mol. The van der Waals surface area contributed by atoms with E-state index in [0.29, 0.717) is 0 Å². The third-order valence-corrected chi connectivity index (χ3v) is 4.96. The van der Waals surface area contributed by atoms with Gasteiger partial charge in [0.25, 0.3) is 0 Å². The lowest BCUT2D eigenvalue weighted by Gasteiger charge is -2.04. The number of carbonyl (C=O) groups excluding carboxylic acids is 1. The maximum absolute atomic E-state index is 11.8. The Morgan fingerprint density at radius 2 is 1.95 bits per heavy atom. The van der Waals surface area contributed by atoms with Gasteiger partial charge in [0.15, 0.2) is 0 Å². The Morgan fingerprint density at radius 3 is 2.68 bits per heavy atom. The fourth-order valence-electron chi connectivity index (χ4n) is 2.44. The zero-order valence-electron chi connectivity index (χ0n) is 12.3. The van der Waals surface area contributed by atoms with Crippen LogP contribution in [0.5, 0.6) is 0 Å². The van der Waals surface area contributed by atoms with Gasteiger partial charge in [-0.15, -0.1) is 11.3 Å². The molecule has 2 aromatic carbocycles. The number of nitrogens with one attached hydrogen (secondary N) is 1. The highest BCUT2D eigenvalue weighted by molar-refractivity contribution is 7.21. The number of aromatic nitrogens is 1. The van der Waals surface area contributed by atoms with Gasteiger partial charge >= 0.3 is 0 Å². The number of carbonyl (C=O) groups is 1. The quantitative estimate of drug-likeness (QED) is 0.767. The van der Waals surface area contributed by atoms with Crippen molar-refractivity contribution in [3.63, 3.8) is 0 Å². The van der Waals surface area contributed by atoms with Crippen LogP contribution >= 0.6 is 11.3 Å². The molecule has 0 radical (unpaired) electrons. The van der Waals surface area contributed by atoms with Gasteiger partial charge in [-0.2, -0.15) is 0 Å². The second kappa shape index (κ2) is 5.21. The van der Waals surface area contributed by atoms with Crippen molar-refractivity contribution in [1.82, 2.24) is 4.98 Å². The number of nitrogens with zero attached hydrogens (tertiary/aromatic N) is 1. The molecule has 0 unspecified atom stereocenters. The topological polar surface area (TPSA) is 42.0 Å². The van der Waals surface area contributed by atoms with Gasteiger partial charge < -0.3 is 5.32 Å². The van der Waals surface area contributed by atoms with E-state index in [4.69, 9.17) is 0 Å². The molecule has 0 bridgehead atoms. The summed E-state index contributed by atoms with van der Waals surface area (Å²) in [6.07, 6.45) is 2.05. The maximum Gasteiger partial charge on any atom is 0.227 e. The number of hydrogen-bond donors (Lipinski definition) is 1. The summed E-state index contributed by atoms with van der Waals surface area (Å²) in [5, 5.41) is 3.98. The molecule has 1 aliphatic carbocycles. The van der Waals surface area contributed by atoms with E-state index in [1.165, 1.54) is 10.3 Å². The number of hydrogen-bond acceptors (Lipinski definition) is 3. The smallest absolute Gasteiger partial charge is 0.227 e. The maximum atomic E-state index is 11.8. The molecule has 1 N–H and O–H groups in total. The number of amides is 1. The van der Waals surface area contributed by atoms with E-state index in [2.05, 4.69) is 35.4 Å². The molecule has 0 saturated heterocycles. The Labute approximate surface area is 133 Å². The van der Waals surface area contributed by atoms with Crippen LogP contribution in [-0.4, -0.2) is 10.9 Å². The Hall–Kier alpha value is -2.20. The third kappa shape index (κ3) is 2.62.